The summed E-state index contributed by atoms with van der Waals surface area (Å²) in [5.41, 5.74) is 8.50. The zero-order valence-electron chi connectivity index (χ0n) is 8.38. The number of H-pyrrole nitrogens is 1. The van der Waals surface area contributed by atoms with Crippen molar-refractivity contribution in [2.45, 2.75) is 0 Å². The second kappa shape index (κ2) is 3.30. The maximum absolute atomic E-state index is 5.73. The number of nitrogens with zero attached hydrogens (tertiary/aromatic N) is 3. The topological polar surface area (TPSA) is 80.5 Å². The predicted molar refractivity (Wildman–Crippen MR) is 61.5 cm³/mol. The van der Waals surface area contributed by atoms with Crippen LogP contribution in [0.5, 0.6) is 0 Å². The van der Waals surface area contributed by atoms with Gasteiger partial charge in [-0.3, -0.25) is 10.1 Å². The van der Waals surface area contributed by atoms with Crippen molar-refractivity contribution in [2.75, 3.05) is 5.73 Å². The number of hydrogen-bond acceptors (Lipinski definition) is 4. The number of hydrogen-bond donors (Lipinski definition) is 2. The van der Waals surface area contributed by atoms with Gasteiger partial charge < -0.3 is 5.73 Å². The second-order valence-electron chi connectivity index (χ2n) is 3.46. The predicted octanol–water partition coefficient (Wildman–Crippen LogP) is 1.60. The quantitative estimate of drug-likeness (QED) is 0.640. The van der Waals surface area contributed by atoms with Crippen molar-refractivity contribution in [1.29, 1.82) is 0 Å². The Balaban J connectivity index is 2.22. The van der Waals surface area contributed by atoms with E-state index in [1.165, 1.54) is 0 Å². The van der Waals surface area contributed by atoms with Crippen LogP contribution in [-0.2, 0) is 0 Å². The minimum Gasteiger partial charge on any atom is -0.382 e. The molecule has 0 unspecified atom stereocenters. The molecule has 0 spiro atoms. The molecule has 3 aromatic rings. The van der Waals surface area contributed by atoms with Gasteiger partial charge in [-0.15, -0.1) is 0 Å². The Morgan fingerprint density at radius 2 is 1.94 bits per heavy atom. The summed E-state index contributed by atoms with van der Waals surface area (Å²) in [5.74, 6) is 0.471. The van der Waals surface area contributed by atoms with Crippen molar-refractivity contribution in [3.05, 3.63) is 36.8 Å². The highest BCUT2D eigenvalue weighted by Crippen LogP contribution is 2.23. The van der Waals surface area contributed by atoms with Gasteiger partial charge in [0.25, 0.3) is 0 Å². The zero-order valence-corrected chi connectivity index (χ0v) is 8.38. The van der Waals surface area contributed by atoms with Crippen LogP contribution in [0, 0.1) is 0 Å². The van der Waals surface area contributed by atoms with E-state index in [2.05, 4.69) is 20.2 Å². The van der Waals surface area contributed by atoms with Crippen molar-refractivity contribution in [3.63, 3.8) is 0 Å². The largest absolute Gasteiger partial charge is 0.382 e. The summed E-state index contributed by atoms with van der Waals surface area (Å²) in [6, 6.07) is 5.83. The Morgan fingerprint density at radius 1 is 1.12 bits per heavy atom. The SMILES string of the molecule is Nc1n[nH]c2ncc(-c3ccncc3)cc12. The molecule has 0 amide bonds. The van der Waals surface area contributed by atoms with Crippen LogP contribution in [0.2, 0.25) is 0 Å². The number of aromatic nitrogens is 4. The van der Waals surface area contributed by atoms with Gasteiger partial charge >= 0.3 is 0 Å². The summed E-state index contributed by atoms with van der Waals surface area (Å²) in [6.45, 7) is 0. The van der Waals surface area contributed by atoms with Gasteiger partial charge in [0.05, 0.1) is 5.39 Å². The molecule has 0 radical (unpaired) electrons. The number of pyridine rings is 2. The third-order valence-corrected chi connectivity index (χ3v) is 2.46. The molecule has 3 heterocycles. The van der Waals surface area contributed by atoms with Crippen LogP contribution < -0.4 is 5.73 Å². The van der Waals surface area contributed by atoms with Crippen molar-refractivity contribution in [2.24, 2.45) is 0 Å². The summed E-state index contributed by atoms with van der Waals surface area (Å²) in [4.78, 5) is 8.24. The Kier molecular flexibility index (Phi) is 1.83. The highest BCUT2D eigenvalue weighted by atomic mass is 15.2. The lowest BCUT2D eigenvalue weighted by molar-refractivity contribution is 1.10. The summed E-state index contributed by atoms with van der Waals surface area (Å²) in [6.07, 6.45) is 5.28. The van der Waals surface area contributed by atoms with Crippen molar-refractivity contribution in [1.82, 2.24) is 20.2 Å². The standard InChI is InChI=1S/C11H9N5/c12-10-9-5-8(6-14-11(9)16-15-10)7-1-3-13-4-2-7/h1-6H,(H3,12,14,15,16). The van der Waals surface area contributed by atoms with Crippen LogP contribution in [0.3, 0.4) is 0 Å². The molecule has 0 atom stereocenters. The van der Waals surface area contributed by atoms with Crippen molar-refractivity contribution < 1.29 is 0 Å². The van der Waals surface area contributed by atoms with Gasteiger partial charge in [-0.25, -0.2) is 4.98 Å². The minimum atomic E-state index is 0.471. The van der Waals surface area contributed by atoms with E-state index >= 15 is 0 Å². The van der Waals surface area contributed by atoms with Crippen LogP contribution >= 0.6 is 0 Å². The molecular weight excluding hydrogens is 202 g/mol. The number of nitrogens with one attached hydrogen (secondary N) is 1. The molecule has 0 aliphatic carbocycles. The van der Waals surface area contributed by atoms with Crippen molar-refractivity contribution >= 4 is 16.9 Å². The van der Waals surface area contributed by atoms with Crippen LogP contribution in [-0.4, -0.2) is 20.2 Å². The third kappa shape index (κ3) is 1.30. The molecule has 0 saturated carbocycles. The highest BCUT2D eigenvalue weighted by molar-refractivity contribution is 5.89. The fourth-order valence-corrected chi connectivity index (χ4v) is 1.62. The Bertz CT molecular complexity index is 629. The molecule has 16 heavy (non-hydrogen) atoms. The molecular formula is C11H9N5. The van der Waals surface area contributed by atoms with E-state index in [9.17, 15) is 0 Å². The minimum absolute atomic E-state index is 0.471. The van der Waals surface area contributed by atoms with Crippen LogP contribution in [0.4, 0.5) is 5.82 Å². The average molecular weight is 211 g/mol. The molecule has 5 heteroatoms. The smallest absolute Gasteiger partial charge is 0.157 e. The highest BCUT2D eigenvalue weighted by Gasteiger charge is 2.05. The van der Waals surface area contributed by atoms with Gasteiger partial charge in [-0.2, -0.15) is 5.10 Å². The lowest BCUT2D eigenvalue weighted by Crippen LogP contribution is -1.85. The van der Waals surface area contributed by atoms with Gasteiger partial charge in [0.1, 0.15) is 0 Å². The molecule has 3 N–H and O–H groups in total. The van der Waals surface area contributed by atoms with E-state index in [1.807, 2.05) is 18.2 Å². The normalized spacial score (nSPS) is 10.8. The molecule has 78 valence electrons. The van der Waals surface area contributed by atoms with Gasteiger partial charge in [0, 0.05) is 24.2 Å². The molecule has 0 aliphatic heterocycles. The monoisotopic (exact) mass is 211 g/mol. The van der Waals surface area contributed by atoms with Crippen LogP contribution in [0.15, 0.2) is 36.8 Å². The molecule has 3 rings (SSSR count). The number of aromatic amines is 1. The van der Waals surface area contributed by atoms with Gasteiger partial charge in [-0.05, 0) is 23.8 Å². The number of rotatable bonds is 1. The molecule has 0 aliphatic rings. The van der Waals surface area contributed by atoms with Gasteiger partial charge in [0.2, 0.25) is 0 Å². The van der Waals surface area contributed by atoms with Crippen LogP contribution in [0.1, 0.15) is 0 Å². The first kappa shape index (κ1) is 8.84. The second-order valence-corrected chi connectivity index (χ2v) is 3.46. The van der Waals surface area contributed by atoms with Crippen molar-refractivity contribution in [3.8, 4) is 11.1 Å². The van der Waals surface area contributed by atoms with E-state index in [0.29, 0.717) is 11.5 Å². The summed E-state index contributed by atoms with van der Waals surface area (Å²) in [7, 11) is 0. The Morgan fingerprint density at radius 3 is 2.75 bits per heavy atom. The van der Waals surface area contributed by atoms with E-state index < -0.39 is 0 Å². The maximum Gasteiger partial charge on any atom is 0.157 e. The van der Waals surface area contributed by atoms with Gasteiger partial charge in [-0.1, -0.05) is 0 Å². The van der Waals surface area contributed by atoms with E-state index in [4.69, 9.17) is 5.73 Å². The number of fused-ring (bicyclic) bond motifs is 1. The summed E-state index contributed by atoms with van der Waals surface area (Å²) >= 11 is 0. The molecule has 0 bridgehead atoms. The fourth-order valence-electron chi connectivity index (χ4n) is 1.62. The van der Waals surface area contributed by atoms with E-state index in [0.717, 1.165) is 16.5 Å². The summed E-state index contributed by atoms with van der Waals surface area (Å²) in [5, 5.41) is 7.52. The molecule has 0 fully saturated rings. The Hall–Kier alpha value is -2.43. The van der Waals surface area contributed by atoms with E-state index in [-0.39, 0.29) is 0 Å². The number of nitrogens with two attached hydrogens (primary N) is 1. The number of nitrogen functional groups attached to an aromatic ring is 1. The first-order chi connectivity index (χ1) is 7.84. The van der Waals surface area contributed by atoms with E-state index in [1.54, 1.807) is 18.6 Å². The zero-order chi connectivity index (χ0) is 11.0. The summed E-state index contributed by atoms with van der Waals surface area (Å²) < 4.78 is 0. The lowest BCUT2D eigenvalue weighted by atomic mass is 10.1. The lowest BCUT2D eigenvalue weighted by Gasteiger charge is -2.00. The fraction of sp³-hybridized carbons (Fsp3) is 0. The third-order valence-electron chi connectivity index (χ3n) is 2.46. The first-order valence-electron chi connectivity index (χ1n) is 4.84. The number of anilines is 1. The molecule has 5 nitrogen and oxygen atoms in total. The molecule has 3 aromatic heterocycles. The van der Waals surface area contributed by atoms with Gasteiger partial charge in [0.15, 0.2) is 11.5 Å². The van der Waals surface area contributed by atoms with Crippen LogP contribution in [0.25, 0.3) is 22.2 Å². The average Bonchev–Trinajstić information content (AvgIpc) is 2.72. The Labute approximate surface area is 91.3 Å². The maximum atomic E-state index is 5.73. The molecule has 0 saturated heterocycles. The molecule has 0 aromatic carbocycles. The first-order valence-corrected chi connectivity index (χ1v) is 4.84.